The van der Waals surface area contributed by atoms with Crippen molar-refractivity contribution in [1.29, 1.82) is 5.26 Å². The van der Waals surface area contributed by atoms with Crippen molar-refractivity contribution in [2.75, 3.05) is 5.32 Å². The average Bonchev–Trinajstić information content (AvgIpc) is 3.13. The molecule has 5 heteroatoms. The molecular weight excluding hydrogens is 346 g/mol. The third-order valence-corrected chi connectivity index (χ3v) is 4.85. The van der Waals surface area contributed by atoms with Gasteiger partial charge in [0.05, 0.1) is 17.8 Å². The Balaban J connectivity index is 1.56. The van der Waals surface area contributed by atoms with Crippen molar-refractivity contribution in [2.24, 2.45) is 0 Å². The maximum Gasteiger partial charge on any atom is 0.160 e. The second kappa shape index (κ2) is 7.53. The van der Waals surface area contributed by atoms with Crippen molar-refractivity contribution < 1.29 is 0 Å². The molecule has 0 aliphatic carbocycles. The Morgan fingerprint density at radius 1 is 1.11 bits per heavy atom. The lowest BCUT2D eigenvalue weighted by molar-refractivity contribution is 0.902. The van der Waals surface area contributed by atoms with E-state index in [4.69, 9.17) is 0 Å². The Kier molecular flexibility index (Phi) is 4.77. The standard InChI is InChI=1S/C23H21N5/c1-3-20-12-22(28-23(27-20)16(2)14-26-28)25-15-17-8-10-18(11-9-17)21-7-5-4-6-19(21)13-24/h4-12,14,25H,3,15H2,1-2H3. The van der Waals surface area contributed by atoms with Crippen LogP contribution in [0.15, 0.2) is 60.8 Å². The predicted octanol–water partition coefficient (Wildman–Crippen LogP) is 4.75. The van der Waals surface area contributed by atoms with E-state index < -0.39 is 0 Å². The predicted molar refractivity (Wildman–Crippen MR) is 111 cm³/mol. The molecule has 2 aromatic carbocycles. The zero-order valence-corrected chi connectivity index (χ0v) is 16.0. The Morgan fingerprint density at radius 2 is 1.89 bits per heavy atom. The van der Waals surface area contributed by atoms with Crippen LogP contribution in [0.1, 0.15) is 29.3 Å². The Hall–Kier alpha value is -3.65. The molecule has 0 aliphatic heterocycles. The normalized spacial score (nSPS) is 10.8. The minimum absolute atomic E-state index is 0.682. The van der Waals surface area contributed by atoms with Gasteiger partial charge >= 0.3 is 0 Å². The van der Waals surface area contributed by atoms with Gasteiger partial charge < -0.3 is 5.32 Å². The van der Waals surface area contributed by atoms with Crippen molar-refractivity contribution in [1.82, 2.24) is 14.6 Å². The highest BCUT2D eigenvalue weighted by molar-refractivity contribution is 5.70. The van der Waals surface area contributed by atoms with Gasteiger partial charge in [-0.15, -0.1) is 0 Å². The topological polar surface area (TPSA) is 66.0 Å². The van der Waals surface area contributed by atoms with Crippen LogP contribution in [0.5, 0.6) is 0 Å². The number of benzene rings is 2. The molecule has 0 spiro atoms. The maximum absolute atomic E-state index is 9.30. The second-order valence-electron chi connectivity index (χ2n) is 6.76. The summed E-state index contributed by atoms with van der Waals surface area (Å²) >= 11 is 0. The highest BCUT2D eigenvalue weighted by atomic mass is 15.3. The van der Waals surface area contributed by atoms with Gasteiger partial charge in [-0.1, -0.05) is 49.4 Å². The fraction of sp³-hybridized carbons (Fsp3) is 0.174. The van der Waals surface area contributed by atoms with E-state index in [0.717, 1.165) is 45.8 Å². The fourth-order valence-corrected chi connectivity index (χ4v) is 3.26. The Bertz CT molecular complexity index is 1170. The van der Waals surface area contributed by atoms with Gasteiger partial charge in [-0.05, 0) is 36.1 Å². The van der Waals surface area contributed by atoms with E-state index in [1.807, 2.05) is 41.9 Å². The molecular formula is C23H21N5. The summed E-state index contributed by atoms with van der Waals surface area (Å²) in [5, 5.41) is 17.2. The first kappa shape index (κ1) is 17.7. The van der Waals surface area contributed by atoms with E-state index in [-0.39, 0.29) is 0 Å². The van der Waals surface area contributed by atoms with Gasteiger partial charge in [0.2, 0.25) is 0 Å². The van der Waals surface area contributed by atoms with E-state index in [0.29, 0.717) is 12.1 Å². The Labute approximate surface area is 164 Å². The van der Waals surface area contributed by atoms with E-state index in [1.165, 1.54) is 0 Å². The van der Waals surface area contributed by atoms with Gasteiger partial charge in [-0.3, -0.25) is 0 Å². The van der Waals surface area contributed by atoms with Gasteiger partial charge in [-0.25, -0.2) is 4.98 Å². The molecule has 0 atom stereocenters. The molecule has 0 saturated heterocycles. The lowest BCUT2D eigenvalue weighted by Crippen LogP contribution is -2.07. The number of anilines is 1. The number of aromatic nitrogens is 3. The van der Waals surface area contributed by atoms with E-state index in [9.17, 15) is 5.26 Å². The molecule has 138 valence electrons. The number of nitrogens with zero attached hydrogens (tertiary/aromatic N) is 4. The second-order valence-corrected chi connectivity index (χ2v) is 6.76. The van der Waals surface area contributed by atoms with Crippen molar-refractivity contribution in [3.63, 3.8) is 0 Å². The molecule has 2 aromatic heterocycles. The summed E-state index contributed by atoms with van der Waals surface area (Å²) in [6.07, 6.45) is 2.72. The highest BCUT2D eigenvalue weighted by Gasteiger charge is 2.09. The summed E-state index contributed by atoms with van der Waals surface area (Å²) in [6.45, 7) is 4.81. The fourth-order valence-electron chi connectivity index (χ4n) is 3.26. The maximum atomic E-state index is 9.30. The van der Waals surface area contributed by atoms with Crippen LogP contribution in [0.3, 0.4) is 0 Å². The summed E-state index contributed by atoms with van der Waals surface area (Å²) in [7, 11) is 0. The first-order chi connectivity index (χ1) is 13.7. The summed E-state index contributed by atoms with van der Waals surface area (Å²) in [5.74, 6) is 0.939. The van der Waals surface area contributed by atoms with Crippen LogP contribution in [0.2, 0.25) is 0 Å². The van der Waals surface area contributed by atoms with Crippen LogP contribution in [-0.4, -0.2) is 14.6 Å². The molecule has 4 aromatic rings. The van der Waals surface area contributed by atoms with E-state index in [1.54, 1.807) is 0 Å². The highest BCUT2D eigenvalue weighted by Crippen LogP contribution is 2.24. The molecule has 0 fully saturated rings. The first-order valence-corrected chi connectivity index (χ1v) is 9.36. The quantitative estimate of drug-likeness (QED) is 0.553. The average molecular weight is 367 g/mol. The lowest BCUT2D eigenvalue weighted by atomic mass is 9.99. The number of fused-ring (bicyclic) bond motifs is 1. The van der Waals surface area contributed by atoms with Gasteiger partial charge in [0.25, 0.3) is 0 Å². The molecule has 0 saturated carbocycles. The van der Waals surface area contributed by atoms with Crippen molar-refractivity contribution in [2.45, 2.75) is 26.8 Å². The zero-order chi connectivity index (χ0) is 19.5. The summed E-state index contributed by atoms with van der Waals surface area (Å²) in [5.41, 5.74) is 6.85. The van der Waals surface area contributed by atoms with E-state index >= 15 is 0 Å². The molecule has 4 rings (SSSR count). The minimum Gasteiger partial charge on any atom is -0.366 e. The number of nitriles is 1. The monoisotopic (exact) mass is 367 g/mol. The third kappa shape index (κ3) is 3.33. The number of hydrogen-bond acceptors (Lipinski definition) is 4. The van der Waals surface area contributed by atoms with Crippen molar-refractivity contribution >= 4 is 11.5 Å². The van der Waals surface area contributed by atoms with Gasteiger partial charge in [0.1, 0.15) is 5.82 Å². The van der Waals surface area contributed by atoms with Crippen LogP contribution >= 0.6 is 0 Å². The molecule has 0 aliphatic rings. The largest absolute Gasteiger partial charge is 0.366 e. The zero-order valence-electron chi connectivity index (χ0n) is 16.0. The van der Waals surface area contributed by atoms with Crippen LogP contribution in [0, 0.1) is 18.3 Å². The van der Waals surface area contributed by atoms with Crippen LogP contribution in [-0.2, 0) is 13.0 Å². The molecule has 0 unspecified atom stereocenters. The molecule has 1 N–H and O–H groups in total. The molecule has 0 radical (unpaired) electrons. The molecule has 5 nitrogen and oxygen atoms in total. The van der Waals surface area contributed by atoms with Gasteiger partial charge in [0, 0.05) is 23.9 Å². The van der Waals surface area contributed by atoms with Crippen molar-refractivity contribution in [3.05, 3.63) is 83.2 Å². The number of nitrogens with one attached hydrogen (secondary N) is 1. The molecule has 2 heterocycles. The smallest absolute Gasteiger partial charge is 0.160 e. The summed E-state index contributed by atoms with van der Waals surface area (Å²) in [6, 6.07) is 20.3. The first-order valence-electron chi connectivity index (χ1n) is 9.36. The summed E-state index contributed by atoms with van der Waals surface area (Å²) < 4.78 is 1.85. The van der Waals surface area contributed by atoms with Gasteiger partial charge in [-0.2, -0.15) is 14.9 Å². The molecule has 28 heavy (non-hydrogen) atoms. The minimum atomic E-state index is 0.682. The summed E-state index contributed by atoms with van der Waals surface area (Å²) in [4.78, 5) is 4.66. The number of hydrogen-bond donors (Lipinski definition) is 1. The lowest BCUT2D eigenvalue weighted by Gasteiger charge is -2.11. The Morgan fingerprint density at radius 3 is 2.64 bits per heavy atom. The van der Waals surface area contributed by atoms with Crippen molar-refractivity contribution in [3.8, 4) is 17.2 Å². The number of rotatable bonds is 5. The number of aryl methyl sites for hydroxylation is 2. The third-order valence-electron chi connectivity index (χ3n) is 4.85. The molecule has 0 bridgehead atoms. The van der Waals surface area contributed by atoms with Gasteiger partial charge in [0.15, 0.2) is 5.65 Å². The van der Waals surface area contributed by atoms with Crippen LogP contribution in [0.4, 0.5) is 5.82 Å². The van der Waals surface area contributed by atoms with Crippen LogP contribution < -0.4 is 5.32 Å². The SMILES string of the molecule is CCc1cc(NCc2ccc(-c3ccccc3C#N)cc2)n2ncc(C)c2n1. The van der Waals surface area contributed by atoms with Crippen LogP contribution in [0.25, 0.3) is 16.8 Å². The molecule has 0 amide bonds. The van der Waals surface area contributed by atoms with E-state index in [2.05, 4.69) is 58.7 Å².